The number of rotatable bonds is 8. The van der Waals surface area contributed by atoms with Crippen LogP contribution in [-0.2, 0) is 0 Å². The van der Waals surface area contributed by atoms with E-state index in [0.717, 1.165) is 30.1 Å². The Kier molecular flexibility index (Phi) is 7.13. The smallest absolute Gasteiger partial charge is 0.255 e. The molecule has 1 aliphatic heterocycles. The second-order valence-corrected chi connectivity index (χ2v) is 7.24. The lowest BCUT2D eigenvalue weighted by Crippen LogP contribution is -2.37. The minimum atomic E-state index is -0.113. The van der Waals surface area contributed by atoms with Crippen molar-refractivity contribution in [3.05, 3.63) is 64.7 Å². The molecule has 4 nitrogen and oxygen atoms in total. The third-order valence-electron chi connectivity index (χ3n) is 4.89. The fourth-order valence-electron chi connectivity index (χ4n) is 3.51. The van der Waals surface area contributed by atoms with E-state index < -0.39 is 0 Å². The number of benzene rings is 2. The average Bonchev–Trinajstić information content (AvgIpc) is 3.22. The van der Waals surface area contributed by atoms with E-state index in [1.54, 1.807) is 6.07 Å². The molecule has 27 heavy (non-hydrogen) atoms. The maximum Gasteiger partial charge on any atom is 0.255 e. The number of hydrogen-bond donors (Lipinski definition) is 1. The van der Waals surface area contributed by atoms with Crippen molar-refractivity contribution in [3.63, 3.8) is 0 Å². The maximum atomic E-state index is 12.8. The van der Waals surface area contributed by atoms with Crippen LogP contribution >= 0.6 is 11.6 Å². The van der Waals surface area contributed by atoms with Crippen molar-refractivity contribution >= 4 is 17.5 Å². The molecule has 1 heterocycles. The number of halogens is 1. The highest BCUT2D eigenvalue weighted by Crippen LogP contribution is 2.30. The van der Waals surface area contributed by atoms with Crippen LogP contribution in [0.4, 0.5) is 0 Å². The van der Waals surface area contributed by atoms with Crippen LogP contribution in [-0.4, -0.2) is 37.0 Å². The first-order chi connectivity index (χ1) is 13.2. The maximum absolute atomic E-state index is 12.8. The third-order valence-corrected chi connectivity index (χ3v) is 5.24. The van der Waals surface area contributed by atoms with Crippen molar-refractivity contribution in [1.29, 1.82) is 0 Å². The molecule has 1 amide bonds. The normalized spacial score (nSPS) is 15.5. The van der Waals surface area contributed by atoms with E-state index in [1.807, 2.05) is 43.3 Å². The summed E-state index contributed by atoms with van der Waals surface area (Å²) in [6, 6.07) is 15.4. The molecule has 0 aliphatic carbocycles. The van der Waals surface area contributed by atoms with Crippen molar-refractivity contribution in [2.45, 2.75) is 32.2 Å². The molecular formula is C22H27ClN2O2. The largest absolute Gasteiger partial charge is 0.493 e. The molecule has 2 aromatic rings. The Hall–Kier alpha value is -2.04. The SMILES string of the molecule is CCCOc1ccccc1C(=O)NC[C@H](c1ccccc1Cl)N1CCCC1. The number of carbonyl (C=O) groups is 1. The van der Waals surface area contributed by atoms with Gasteiger partial charge < -0.3 is 10.1 Å². The van der Waals surface area contributed by atoms with Gasteiger partial charge in [-0.1, -0.05) is 48.9 Å². The molecule has 0 saturated carbocycles. The Morgan fingerprint density at radius 3 is 2.59 bits per heavy atom. The van der Waals surface area contributed by atoms with E-state index in [0.29, 0.717) is 24.5 Å². The molecule has 144 valence electrons. The number of amides is 1. The molecule has 0 unspecified atom stereocenters. The van der Waals surface area contributed by atoms with Crippen molar-refractivity contribution in [1.82, 2.24) is 10.2 Å². The van der Waals surface area contributed by atoms with Crippen molar-refractivity contribution in [2.75, 3.05) is 26.2 Å². The van der Waals surface area contributed by atoms with Crippen LogP contribution in [0.25, 0.3) is 0 Å². The summed E-state index contributed by atoms with van der Waals surface area (Å²) in [7, 11) is 0. The monoisotopic (exact) mass is 386 g/mol. The van der Waals surface area contributed by atoms with Gasteiger partial charge in [-0.3, -0.25) is 9.69 Å². The third kappa shape index (κ3) is 5.02. The first kappa shape index (κ1) is 19.7. The summed E-state index contributed by atoms with van der Waals surface area (Å²) in [4.78, 5) is 15.2. The lowest BCUT2D eigenvalue weighted by atomic mass is 10.0. The van der Waals surface area contributed by atoms with Crippen LogP contribution < -0.4 is 10.1 Å². The molecule has 1 aliphatic rings. The standard InChI is InChI=1S/C22H27ClN2O2/c1-2-15-27-21-12-6-4-10-18(21)22(26)24-16-20(25-13-7-8-14-25)17-9-3-5-11-19(17)23/h3-6,9-12,20H,2,7-8,13-16H2,1H3,(H,24,26)/t20-/m1/s1. The van der Waals surface area contributed by atoms with Gasteiger partial charge in [0.15, 0.2) is 0 Å². The number of ether oxygens (including phenoxy) is 1. The van der Waals surface area contributed by atoms with Gasteiger partial charge in [0.1, 0.15) is 5.75 Å². The molecule has 1 fully saturated rings. The zero-order chi connectivity index (χ0) is 19.1. The number of carbonyl (C=O) groups excluding carboxylic acids is 1. The van der Waals surface area contributed by atoms with Crippen LogP contribution in [0.15, 0.2) is 48.5 Å². The second kappa shape index (κ2) is 9.77. The van der Waals surface area contributed by atoms with Crippen LogP contribution in [0.2, 0.25) is 5.02 Å². The fraction of sp³-hybridized carbons (Fsp3) is 0.409. The van der Waals surface area contributed by atoms with Gasteiger partial charge in [0, 0.05) is 11.6 Å². The first-order valence-corrected chi connectivity index (χ1v) is 10.1. The van der Waals surface area contributed by atoms with Gasteiger partial charge >= 0.3 is 0 Å². The van der Waals surface area contributed by atoms with E-state index in [1.165, 1.54) is 12.8 Å². The molecule has 2 aromatic carbocycles. The van der Waals surface area contributed by atoms with Gasteiger partial charge in [0.05, 0.1) is 18.2 Å². The van der Waals surface area contributed by atoms with Gasteiger partial charge in [-0.25, -0.2) is 0 Å². The summed E-state index contributed by atoms with van der Waals surface area (Å²) in [5, 5.41) is 3.84. The van der Waals surface area contributed by atoms with Crippen molar-refractivity contribution < 1.29 is 9.53 Å². The molecule has 5 heteroatoms. The number of para-hydroxylation sites is 1. The summed E-state index contributed by atoms with van der Waals surface area (Å²) >= 11 is 6.45. The average molecular weight is 387 g/mol. The van der Waals surface area contributed by atoms with Gasteiger partial charge in [-0.05, 0) is 56.1 Å². The summed E-state index contributed by atoms with van der Waals surface area (Å²) in [6.45, 7) is 5.22. The summed E-state index contributed by atoms with van der Waals surface area (Å²) in [5.41, 5.74) is 1.64. The zero-order valence-corrected chi connectivity index (χ0v) is 16.5. The van der Waals surface area contributed by atoms with E-state index in [9.17, 15) is 4.79 Å². The van der Waals surface area contributed by atoms with Gasteiger partial charge in [0.25, 0.3) is 5.91 Å². The first-order valence-electron chi connectivity index (χ1n) is 9.69. The number of nitrogens with one attached hydrogen (secondary N) is 1. The lowest BCUT2D eigenvalue weighted by Gasteiger charge is -2.29. The number of nitrogens with zero attached hydrogens (tertiary/aromatic N) is 1. The van der Waals surface area contributed by atoms with Crippen molar-refractivity contribution in [3.8, 4) is 5.75 Å². The minimum absolute atomic E-state index is 0.0777. The molecule has 0 spiro atoms. The molecule has 1 N–H and O–H groups in total. The Labute approximate surface area is 166 Å². The van der Waals surface area contributed by atoms with E-state index >= 15 is 0 Å². The Bertz CT molecular complexity index is 759. The van der Waals surface area contributed by atoms with E-state index in [2.05, 4.69) is 16.3 Å². The number of likely N-dealkylation sites (tertiary alicyclic amines) is 1. The molecule has 3 rings (SSSR count). The van der Waals surface area contributed by atoms with Crippen LogP contribution in [0, 0.1) is 0 Å². The van der Waals surface area contributed by atoms with Gasteiger partial charge in [-0.15, -0.1) is 0 Å². The Morgan fingerprint density at radius 1 is 1.15 bits per heavy atom. The van der Waals surface area contributed by atoms with Crippen LogP contribution in [0.5, 0.6) is 5.75 Å². The van der Waals surface area contributed by atoms with Gasteiger partial charge in [-0.2, -0.15) is 0 Å². The zero-order valence-electron chi connectivity index (χ0n) is 15.8. The Balaban J connectivity index is 1.74. The highest BCUT2D eigenvalue weighted by molar-refractivity contribution is 6.31. The quantitative estimate of drug-likeness (QED) is 0.715. The summed E-state index contributed by atoms with van der Waals surface area (Å²) in [6.07, 6.45) is 3.27. The predicted octanol–water partition coefficient (Wildman–Crippen LogP) is 4.70. The molecule has 0 radical (unpaired) electrons. The van der Waals surface area contributed by atoms with Crippen LogP contribution in [0.3, 0.4) is 0 Å². The van der Waals surface area contributed by atoms with Crippen molar-refractivity contribution in [2.24, 2.45) is 0 Å². The molecular weight excluding hydrogens is 360 g/mol. The number of hydrogen-bond acceptors (Lipinski definition) is 3. The molecule has 0 bridgehead atoms. The summed E-state index contributed by atoms with van der Waals surface area (Å²) < 4.78 is 5.73. The molecule has 1 saturated heterocycles. The highest BCUT2D eigenvalue weighted by Gasteiger charge is 2.26. The lowest BCUT2D eigenvalue weighted by molar-refractivity contribution is 0.0934. The fourth-order valence-corrected chi connectivity index (χ4v) is 3.77. The predicted molar refractivity (Wildman–Crippen MR) is 110 cm³/mol. The topological polar surface area (TPSA) is 41.6 Å². The van der Waals surface area contributed by atoms with Gasteiger partial charge in [0.2, 0.25) is 0 Å². The van der Waals surface area contributed by atoms with E-state index in [4.69, 9.17) is 16.3 Å². The molecule has 0 aromatic heterocycles. The minimum Gasteiger partial charge on any atom is -0.493 e. The Morgan fingerprint density at radius 2 is 1.85 bits per heavy atom. The highest BCUT2D eigenvalue weighted by atomic mass is 35.5. The summed E-state index contributed by atoms with van der Waals surface area (Å²) in [5.74, 6) is 0.519. The molecule has 1 atom stereocenters. The second-order valence-electron chi connectivity index (χ2n) is 6.84. The van der Waals surface area contributed by atoms with Crippen LogP contribution in [0.1, 0.15) is 48.1 Å². The van der Waals surface area contributed by atoms with E-state index in [-0.39, 0.29) is 11.9 Å².